The van der Waals surface area contributed by atoms with Crippen molar-refractivity contribution in [2.45, 2.75) is 18.5 Å². The molecule has 29 heavy (non-hydrogen) atoms. The van der Waals surface area contributed by atoms with Crippen molar-refractivity contribution in [2.24, 2.45) is 10.7 Å². The van der Waals surface area contributed by atoms with Gasteiger partial charge in [0.25, 0.3) is 0 Å². The predicted octanol–water partition coefficient (Wildman–Crippen LogP) is 3.11. The van der Waals surface area contributed by atoms with Gasteiger partial charge in [-0.3, -0.25) is 9.89 Å². The zero-order valence-electron chi connectivity index (χ0n) is 16.5. The number of nitrogens with two attached hydrogens (primary N) is 1. The standard InChI is InChI=1S/C22H28N4O2.HI/c23-22(25-19-10-13-28-21-9-5-4-8-18(19)21)24-16-20(17-6-2-1-3-7-17)26-11-14-27-15-12-26;/h1-9,19-20H,10-16H2,(H3,23,24,25);1H. The Kier molecular flexibility index (Phi) is 8.14. The highest BCUT2D eigenvalue weighted by Gasteiger charge is 2.24. The first kappa shape index (κ1) is 21.9. The first-order valence-corrected chi connectivity index (χ1v) is 9.96. The van der Waals surface area contributed by atoms with E-state index in [4.69, 9.17) is 20.2 Å². The first-order valence-electron chi connectivity index (χ1n) is 9.96. The number of rotatable bonds is 5. The van der Waals surface area contributed by atoms with Gasteiger partial charge < -0.3 is 20.5 Å². The van der Waals surface area contributed by atoms with Crippen LogP contribution in [0.4, 0.5) is 0 Å². The lowest BCUT2D eigenvalue weighted by atomic mass is 10.0. The Balaban J connectivity index is 0.00000240. The smallest absolute Gasteiger partial charge is 0.189 e. The minimum absolute atomic E-state index is 0. The molecule has 2 aromatic rings. The molecule has 2 aromatic carbocycles. The number of para-hydroxylation sites is 1. The SMILES string of the molecule is I.NC(=NCC(c1ccccc1)N1CCOCC1)NC1CCOc2ccccc21. The van der Waals surface area contributed by atoms with E-state index in [9.17, 15) is 0 Å². The number of fused-ring (bicyclic) bond motifs is 1. The monoisotopic (exact) mass is 508 g/mol. The van der Waals surface area contributed by atoms with E-state index in [0.29, 0.717) is 19.1 Å². The van der Waals surface area contributed by atoms with Crippen LogP contribution in [0.2, 0.25) is 0 Å². The number of halogens is 1. The van der Waals surface area contributed by atoms with Gasteiger partial charge in [0.05, 0.1) is 38.4 Å². The highest BCUT2D eigenvalue weighted by Crippen LogP contribution is 2.31. The lowest BCUT2D eigenvalue weighted by molar-refractivity contribution is 0.0180. The maximum absolute atomic E-state index is 6.27. The maximum Gasteiger partial charge on any atom is 0.189 e. The molecule has 2 aliphatic rings. The molecule has 0 aliphatic carbocycles. The van der Waals surface area contributed by atoms with Gasteiger partial charge in [-0.15, -0.1) is 24.0 Å². The summed E-state index contributed by atoms with van der Waals surface area (Å²) in [6.45, 7) is 4.65. The summed E-state index contributed by atoms with van der Waals surface area (Å²) in [6.07, 6.45) is 0.874. The Labute approximate surface area is 189 Å². The van der Waals surface area contributed by atoms with Crippen LogP contribution in [0.25, 0.3) is 0 Å². The summed E-state index contributed by atoms with van der Waals surface area (Å²) in [6, 6.07) is 19.0. The number of morpholine rings is 1. The van der Waals surface area contributed by atoms with E-state index >= 15 is 0 Å². The molecule has 156 valence electrons. The molecule has 2 heterocycles. The maximum atomic E-state index is 6.27. The van der Waals surface area contributed by atoms with Crippen LogP contribution >= 0.6 is 24.0 Å². The quantitative estimate of drug-likeness (QED) is 0.369. The van der Waals surface area contributed by atoms with Crippen molar-refractivity contribution < 1.29 is 9.47 Å². The number of aliphatic imine (C=N–C) groups is 1. The van der Waals surface area contributed by atoms with Gasteiger partial charge in [0, 0.05) is 25.1 Å². The van der Waals surface area contributed by atoms with E-state index in [2.05, 4.69) is 40.5 Å². The number of guanidine groups is 1. The van der Waals surface area contributed by atoms with E-state index < -0.39 is 0 Å². The molecule has 2 unspecified atom stereocenters. The van der Waals surface area contributed by atoms with Gasteiger partial charge in [-0.25, -0.2) is 0 Å². The molecule has 1 fully saturated rings. The minimum atomic E-state index is 0. The summed E-state index contributed by atoms with van der Waals surface area (Å²) < 4.78 is 11.3. The molecular formula is C22H29IN4O2. The molecule has 0 saturated carbocycles. The Morgan fingerprint density at radius 2 is 1.79 bits per heavy atom. The van der Waals surface area contributed by atoms with Gasteiger partial charge in [-0.05, 0) is 11.6 Å². The summed E-state index contributed by atoms with van der Waals surface area (Å²) in [5.41, 5.74) is 8.67. The van der Waals surface area contributed by atoms with Crippen LogP contribution in [0.1, 0.15) is 29.6 Å². The van der Waals surface area contributed by atoms with Crippen molar-refractivity contribution in [3.63, 3.8) is 0 Å². The van der Waals surface area contributed by atoms with Gasteiger partial charge in [0.2, 0.25) is 0 Å². The van der Waals surface area contributed by atoms with Crippen LogP contribution in [-0.2, 0) is 4.74 Å². The first-order chi connectivity index (χ1) is 13.8. The number of ether oxygens (including phenoxy) is 2. The zero-order valence-corrected chi connectivity index (χ0v) is 18.8. The second kappa shape index (κ2) is 10.8. The molecular weight excluding hydrogens is 479 g/mol. The van der Waals surface area contributed by atoms with Crippen molar-refractivity contribution in [1.82, 2.24) is 10.2 Å². The molecule has 0 amide bonds. The van der Waals surface area contributed by atoms with Gasteiger partial charge in [0.1, 0.15) is 5.75 Å². The zero-order chi connectivity index (χ0) is 19.2. The molecule has 6 nitrogen and oxygen atoms in total. The second-order valence-electron chi connectivity index (χ2n) is 7.17. The third kappa shape index (κ3) is 5.61. The molecule has 2 atom stereocenters. The van der Waals surface area contributed by atoms with Crippen LogP contribution in [-0.4, -0.2) is 50.3 Å². The van der Waals surface area contributed by atoms with Crippen LogP contribution < -0.4 is 15.8 Å². The number of hydrogen-bond acceptors (Lipinski definition) is 4. The summed E-state index contributed by atoms with van der Waals surface area (Å²) in [5, 5.41) is 3.39. The molecule has 0 radical (unpaired) electrons. The van der Waals surface area contributed by atoms with Crippen LogP contribution in [0.5, 0.6) is 5.75 Å². The number of nitrogens with one attached hydrogen (secondary N) is 1. The van der Waals surface area contributed by atoms with E-state index in [1.807, 2.05) is 24.3 Å². The number of nitrogens with zero attached hydrogens (tertiary/aromatic N) is 2. The largest absolute Gasteiger partial charge is 0.493 e. The van der Waals surface area contributed by atoms with Gasteiger partial charge >= 0.3 is 0 Å². The average Bonchev–Trinajstić information content (AvgIpc) is 2.76. The molecule has 0 spiro atoms. The van der Waals surface area contributed by atoms with Crippen molar-refractivity contribution in [2.75, 3.05) is 39.5 Å². The van der Waals surface area contributed by atoms with E-state index in [1.165, 1.54) is 5.56 Å². The number of hydrogen-bond donors (Lipinski definition) is 2. The van der Waals surface area contributed by atoms with Crippen molar-refractivity contribution >= 4 is 29.9 Å². The van der Waals surface area contributed by atoms with E-state index in [-0.39, 0.29) is 36.1 Å². The van der Waals surface area contributed by atoms with E-state index in [1.54, 1.807) is 0 Å². The van der Waals surface area contributed by atoms with Gasteiger partial charge in [-0.1, -0.05) is 48.5 Å². The van der Waals surface area contributed by atoms with Gasteiger partial charge in [0.15, 0.2) is 5.96 Å². The molecule has 0 bridgehead atoms. The Morgan fingerprint density at radius 3 is 2.59 bits per heavy atom. The lowest BCUT2D eigenvalue weighted by Gasteiger charge is -2.34. The summed E-state index contributed by atoms with van der Waals surface area (Å²) in [5.74, 6) is 1.41. The Hall–Kier alpha value is -1.84. The topological polar surface area (TPSA) is 72.1 Å². The fourth-order valence-corrected chi connectivity index (χ4v) is 3.90. The number of benzene rings is 2. The third-order valence-electron chi connectivity index (χ3n) is 5.39. The summed E-state index contributed by atoms with van der Waals surface area (Å²) in [4.78, 5) is 7.13. The van der Waals surface area contributed by atoms with Crippen molar-refractivity contribution in [1.29, 1.82) is 0 Å². The molecule has 4 rings (SSSR count). The Morgan fingerprint density at radius 1 is 1.07 bits per heavy atom. The van der Waals surface area contributed by atoms with Crippen LogP contribution in [0.15, 0.2) is 59.6 Å². The van der Waals surface area contributed by atoms with Crippen molar-refractivity contribution in [3.05, 3.63) is 65.7 Å². The fourth-order valence-electron chi connectivity index (χ4n) is 3.90. The van der Waals surface area contributed by atoms with E-state index in [0.717, 1.165) is 44.0 Å². The van der Waals surface area contributed by atoms with Crippen LogP contribution in [0, 0.1) is 0 Å². The average molecular weight is 508 g/mol. The minimum Gasteiger partial charge on any atom is -0.493 e. The highest BCUT2D eigenvalue weighted by molar-refractivity contribution is 14.0. The fraction of sp³-hybridized carbons (Fsp3) is 0.409. The summed E-state index contributed by atoms with van der Waals surface area (Å²) in [7, 11) is 0. The molecule has 1 saturated heterocycles. The second-order valence-corrected chi connectivity index (χ2v) is 7.17. The van der Waals surface area contributed by atoms with Crippen molar-refractivity contribution in [3.8, 4) is 5.75 Å². The van der Waals surface area contributed by atoms with Gasteiger partial charge in [-0.2, -0.15) is 0 Å². The molecule has 7 heteroatoms. The summed E-state index contributed by atoms with van der Waals surface area (Å²) >= 11 is 0. The molecule has 0 aromatic heterocycles. The Bertz CT molecular complexity index is 796. The highest BCUT2D eigenvalue weighted by atomic mass is 127. The molecule has 2 aliphatic heterocycles. The lowest BCUT2D eigenvalue weighted by Crippen LogP contribution is -2.41. The molecule has 3 N–H and O–H groups in total. The van der Waals surface area contributed by atoms with Crippen LogP contribution in [0.3, 0.4) is 0 Å². The normalized spacial score (nSPS) is 20.7. The third-order valence-corrected chi connectivity index (χ3v) is 5.39. The predicted molar refractivity (Wildman–Crippen MR) is 126 cm³/mol.